The number of pyridine rings is 1. The van der Waals surface area contributed by atoms with Crippen LogP contribution in [0, 0.1) is 6.92 Å². The molecule has 0 saturated heterocycles. The molecule has 0 aliphatic carbocycles. The van der Waals surface area contributed by atoms with E-state index < -0.39 is 0 Å². The number of hydrogen-bond donors (Lipinski definition) is 0. The first kappa shape index (κ1) is 10.4. The third-order valence-corrected chi connectivity index (χ3v) is 2.24. The number of aryl methyl sites for hydroxylation is 1. The zero-order chi connectivity index (χ0) is 11.4. The van der Waals surface area contributed by atoms with Crippen molar-refractivity contribution in [2.45, 2.75) is 6.92 Å². The largest absolute Gasteiger partial charge is 0.456 e. The van der Waals surface area contributed by atoms with E-state index in [9.17, 15) is 4.79 Å². The molecule has 0 amide bonds. The SMILES string of the molecule is Cc1cc(Oc2cccnc2)ccc1C=O. The van der Waals surface area contributed by atoms with Gasteiger partial charge in [0.2, 0.25) is 0 Å². The van der Waals surface area contributed by atoms with E-state index in [-0.39, 0.29) is 0 Å². The van der Waals surface area contributed by atoms with Gasteiger partial charge in [-0.05, 0) is 42.8 Å². The minimum Gasteiger partial charge on any atom is -0.456 e. The standard InChI is InChI=1S/C13H11NO2/c1-10-7-12(5-4-11(10)9-15)16-13-3-2-6-14-8-13/h2-9H,1H3. The highest BCUT2D eigenvalue weighted by Gasteiger charge is 2.00. The Morgan fingerprint density at radius 3 is 2.75 bits per heavy atom. The molecule has 0 aliphatic rings. The Kier molecular flexibility index (Phi) is 2.96. The number of rotatable bonds is 3. The van der Waals surface area contributed by atoms with Gasteiger partial charge in [-0.2, -0.15) is 0 Å². The third kappa shape index (κ3) is 2.25. The van der Waals surface area contributed by atoms with E-state index in [2.05, 4.69) is 4.98 Å². The van der Waals surface area contributed by atoms with Crippen molar-refractivity contribution in [3.63, 3.8) is 0 Å². The average molecular weight is 213 g/mol. The molecule has 1 aromatic heterocycles. The predicted molar refractivity (Wildman–Crippen MR) is 60.9 cm³/mol. The minimum atomic E-state index is 0.679. The van der Waals surface area contributed by atoms with Gasteiger partial charge in [-0.25, -0.2) is 0 Å². The predicted octanol–water partition coefficient (Wildman–Crippen LogP) is 2.99. The Labute approximate surface area is 93.7 Å². The number of nitrogens with zero attached hydrogens (tertiary/aromatic N) is 1. The minimum absolute atomic E-state index is 0.679. The number of aromatic nitrogens is 1. The van der Waals surface area contributed by atoms with E-state index in [4.69, 9.17) is 4.74 Å². The van der Waals surface area contributed by atoms with Gasteiger partial charge in [0.1, 0.15) is 17.8 Å². The fourth-order valence-electron chi connectivity index (χ4n) is 1.39. The second kappa shape index (κ2) is 4.57. The van der Waals surface area contributed by atoms with Crippen molar-refractivity contribution in [1.29, 1.82) is 0 Å². The summed E-state index contributed by atoms with van der Waals surface area (Å²) in [7, 11) is 0. The summed E-state index contributed by atoms with van der Waals surface area (Å²) in [6, 6.07) is 8.98. The van der Waals surface area contributed by atoms with E-state index in [1.165, 1.54) is 0 Å². The molecule has 1 aromatic carbocycles. The van der Waals surface area contributed by atoms with Crippen LogP contribution in [-0.2, 0) is 0 Å². The van der Waals surface area contributed by atoms with Gasteiger partial charge in [-0.15, -0.1) is 0 Å². The van der Waals surface area contributed by atoms with Crippen LogP contribution >= 0.6 is 0 Å². The average Bonchev–Trinajstić information content (AvgIpc) is 2.31. The van der Waals surface area contributed by atoms with Crippen LogP contribution in [0.1, 0.15) is 15.9 Å². The van der Waals surface area contributed by atoms with Crippen molar-refractivity contribution < 1.29 is 9.53 Å². The van der Waals surface area contributed by atoms with Crippen molar-refractivity contribution in [2.24, 2.45) is 0 Å². The lowest BCUT2D eigenvalue weighted by Gasteiger charge is -2.06. The summed E-state index contributed by atoms with van der Waals surface area (Å²) in [4.78, 5) is 14.6. The molecule has 0 saturated carbocycles. The number of benzene rings is 1. The van der Waals surface area contributed by atoms with Gasteiger partial charge in [0.15, 0.2) is 0 Å². The summed E-state index contributed by atoms with van der Waals surface area (Å²) >= 11 is 0. The van der Waals surface area contributed by atoms with Crippen molar-refractivity contribution in [2.75, 3.05) is 0 Å². The maximum Gasteiger partial charge on any atom is 0.150 e. The van der Waals surface area contributed by atoms with Crippen molar-refractivity contribution in [1.82, 2.24) is 4.98 Å². The normalized spacial score (nSPS) is 9.81. The third-order valence-electron chi connectivity index (χ3n) is 2.24. The smallest absolute Gasteiger partial charge is 0.150 e. The van der Waals surface area contributed by atoms with Crippen LogP contribution < -0.4 is 4.74 Å². The maximum absolute atomic E-state index is 10.6. The number of ether oxygens (including phenoxy) is 1. The van der Waals surface area contributed by atoms with Crippen LogP contribution in [0.25, 0.3) is 0 Å². The van der Waals surface area contributed by atoms with Gasteiger partial charge in [-0.1, -0.05) is 0 Å². The number of hydrogen-bond acceptors (Lipinski definition) is 3. The van der Waals surface area contributed by atoms with Crippen molar-refractivity contribution in [3.8, 4) is 11.5 Å². The Morgan fingerprint density at radius 2 is 2.12 bits per heavy atom. The second-order valence-electron chi connectivity index (χ2n) is 3.43. The number of aldehydes is 1. The van der Waals surface area contributed by atoms with E-state index in [0.717, 1.165) is 11.8 Å². The van der Waals surface area contributed by atoms with E-state index in [0.29, 0.717) is 17.1 Å². The molecular weight excluding hydrogens is 202 g/mol. The summed E-state index contributed by atoms with van der Waals surface area (Å²) in [6.45, 7) is 1.87. The molecule has 0 atom stereocenters. The van der Waals surface area contributed by atoms with Crippen molar-refractivity contribution >= 4 is 6.29 Å². The zero-order valence-corrected chi connectivity index (χ0v) is 8.88. The Balaban J connectivity index is 2.23. The summed E-state index contributed by atoms with van der Waals surface area (Å²) in [5, 5.41) is 0. The Hall–Kier alpha value is -2.16. The summed E-state index contributed by atoms with van der Waals surface area (Å²) < 4.78 is 5.58. The summed E-state index contributed by atoms with van der Waals surface area (Å²) in [5.74, 6) is 1.39. The lowest BCUT2D eigenvalue weighted by Crippen LogP contribution is -1.89. The second-order valence-corrected chi connectivity index (χ2v) is 3.43. The lowest BCUT2D eigenvalue weighted by atomic mass is 10.1. The van der Waals surface area contributed by atoms with Crippen LogP contribution in [0.3, 0.4) is 0 Å². The molecular formula is C13H11NO2. The van der Waals surface area contributed by atoms with Crippen molar-refractivity contribution in [3.05, 3.63) is 53.9 Å². The van der Waals surface area contributed by atoms with E-state index >= 15 is 0 Å². The molecule has 1 heterocycles. The van der Waals surface area contributed by atoms with Gasteiger partial charge in [-0.3, -0.25) is 9.78 Å². The van der Waals surface area contributed by atoms with Gasteiger partial charge in [0, 0.05) is 11.8 Å². The Bertz CT molecular complexity index is 495. The summed E-state index contributed by atoms with van der Waals surface area (Å²) in [5.41, 5.74) is 1.58. The van der Waals surface area contributed by atoms with Gasteiger partial charge >= 0.3 is 0 Å². The molecule has 0 unspecified atom stereocenters. The molecule has 0 spiro atoms. The number of carbonyl (C=O) groups is 1. The van der Waals surface area contributed by atoms with Crippen LogP contribution in [0.5, 0.6) is 11.5 Å². The van der Waals surface area contributed by atoms with Gasteiger partial charge in [0.25, 0.3) is 0 Å². The molecule has 3 nitrogen and oxygen atoms in total. The first-order valence-electron chi connectivity index (χ1n) is 4.93. The van der Waals surface area contributed by atoms with E-state index in [1.807, 2.05) is 25.1 Å². The zero-order valence-electron chi connectivity index (χ0n) is 8.88. The molecule has 2 aromatic rings. The maximum atomic E-state index is 10.6. The molecule has 2 rings (SSSR count). The number of carbonyl (C=O) groups excluding carboxylic acids is 1. The quantitative estimate of drug-likeness (QED) is 0.736. The van der Waals surface area contributed by atoms with Crippen LogP contribution in [-0.4, -0.2) is 11.3 Å². The first-order valence-corrected chi connectivity index (χ1v) is 4.93. The molecule has 0 radical (unpaired) electrons. The first-order chi connectivity index (χ1) is 7.79. The van der Waals surface area contributed by atoms with Gasteiger partial charge < -0.3 is 4.74 Å². The molecule has 0 bridgehead atoms. The summed E-state index contributed by atoms with van der Waals surface area (Å²) in [6.07, 6.45) is 4.17. The topological polar surface area (TPSA) is 39.2 Å². The highest BCUT2D eigenvalue weighted by molar-refractivity contribution is 5.77. The molecule has 80 valence electrons. The molecule has 16 heavy (non-hydrogen) atoms. The van der Waals surface area contributed by atoms with Crippen LogP contribution in [0.2, 0.25) is 0 Å². The molecule has 0 aliphatic heterocycles. The Morgan fingerprint density at radius 1 is 1.25 bits per heavy atom. The van der Waals surface area contributed by atoms with Crippen LogP contribution in [0.4, 0.5) is 0 Å². The molecule has 0 N–H and O–H groups in total. The van der Waals surface area contributed by atoms with E-state index in [1.54, 1.807) is 24.5 Å². The fourth-order valence-corrected chi connectivity index (χ4v) is 1.39. The monoisotopic (exact) mass is 213 g/mol. The molecule has 3 heteroatoms. The fraction of sp³-hybridized carbons (Fsp3) is 0.0769. The highest BCUT2D eigenvalue weighted by atomic mass is 16.5. The van der Waals surface area contributed by atoms with Crippen LogP contribution in [0.15, 0.2) is 42.7 Å². The lowest BCUT2D eigenvalue weighted by molar-refractivity contribution is 0.112. The highest BCUT2D eigenvalue weighted by Crippen LogP contribution is 2.22. The molecule has 0 fully saturated rings. The van der Waals surface area contributed by atoms with Gasteiger partial charge in [0.05, 0.1) is 6.20 Å².